The number of amides is 1. The average molecular weight is 322 g/mol. The van der Waals surface area contributed by atoms with Crippen LogP contribution in [-0.2, 0) is 9.53 Å². The van der Waals surface area contributed by atoms with E-state index in [1.54, 1.807) is 0 Å². The highest BCUT2D eigenvalue weighted by Crippen LogP contribution is 2.32. The number of carbonyl (C=O) groups excluding carboxylic acids is 1. The normalized spacial score (nSPS) is 23.7. The Morgan fingerprint density at radius 1 is 1.27 bits per heavy atom. The topological polar surface area (TPSA) is 42.4 Å². The summed E-state index contributed by atoms with van der Waals surface area (Å²) in [5.74, 6) is 0.809. The number of thiazole rings is 1. The van der Waals surface area contributed by atoms with E-state index in [1.165, 1.54) is 16.3 Å². The number of carbonyl (C=O) groups is 1. The third-order valence-electron chi connectivity index (χ3n) is 4.92. The van der Waals surface area contributed by atoms with Crippen LogP contribution in [0.2, 0.25) is 0 Å². The van der Waals surface area contributed by atoms with Gasteiger partial charge in [-0.2, -0.15) is 0 Å². The SMILES string of the molecule is Cc1nc(C2CCN(C(=O)CC3CCCCO3)CC2)sc1C. The quantitative estimate of drug-likeness (QED) is 0.856. The lowest BCUT2D eigenvalue weighted by molar-refractivity contribution is -0.136. The maximum atomic E-state index is 12.4. The molecule has 1 unspecified atom stereocenters. The molecule has 1 aromatic heterocycles. The fourth-order valence-corrected chi connectivity index (χ4v) is 4.43. The van der Waals surface area contributed by atoms with E-state index in [0.717, 1.165) is 51.1 Å². The van der Waals surface area contributed by atoms with Crippen molar-refractivity contribution in [3.8, 4) is 0 Å². The first-order valence-corrected chi connectivity index (χ1v) is 9.28. The van der Waals surface area contributed by atoms with Crippen LogP contribution in [0.1, 0.15) is 60.0 Å². The second kappa shape index (κ2) is 7.09. The molecule has 0 spiro atoms. The van der Waals surface area contributed by atoms with Gasteiger partial charge in [0.25, 0.3) is 0 Å². The van der Waals surface area contributed by atoms with Crippen molar-refractivity contribution in [1.29, 1.82) is 0 Å². The molecule has 3 rings (SSSR count). The van der Waals surface area contributed by atoms with E-state index in [2.05, 4.69) is 13.8 Å². The summed E-state index contributed by atoms with van der Waals surface area (Å²) in [6, 6.07) is 0. The van der Waals surface area contributed by atoms with Crippen molar-refractivity contribution in [1.82, 2.24) is 9.88 Å². The second-order valence-electron chi connectivity index (χ2n) is 6.54. The smallest absolute Gasteiger partial charge is 0.225 e. The third-order valence-corrected chi connectivity index (χ3v) is 6.15. The van der Waals surface area contributed by atoms with Crippen LogP contribution in [0.5, 0.6) is 0 Å². The first kappa shape index (κ1) is 15.9. The molecular weight excluding hydrogens is 296 g/mol. The standard InChI is InChI=1S/C17H26N2O2S/c1-12-13(2)22-17(18-12)14-6-8-19(9-7-14)16(20)11-15-5-3-4-10-21-15/h14-15H,3-11H2,1-2H3. The Morgan fingerprint density at radius 3 is 2.64 bits per heavy atom. The molecule has 2 saturated heterocycles. The van der Waals surface area contributed by atoms with Crippen LogP contribution in [0.4, 0.5) is 0 Å². The number of piperidine rings is 1. The summed E-state index contributed by atoms with van der Waals surface area (Å²) in [6.07, 6.45) is 6.20. The zero-order chi connectivity index (χ0) is 15.5. The van der Waals surface area contributed by atoms with Crippen LogP contribution >= 0.6 is 11.3 Å². The van der Waals surface area contributed by atoms with Crippen LogP contribution in [0.25, 0.3) is 0 Å². The summed E-state index contributed by atoms with van der Waals surface area (Å²) in [6.45, 7) is 6.78. The van der Waals surface area contributed by atoms with Gasteiger partial charge in [0.05, 0.1) is 23.2 Å². The molecule has 1 aromatic rings. The minimum Gasteiger partial charge on any atom is -0.378 e. The van der Waals surface area contributed by atoms with Crippen molar-refractivity contribution >= 4 is 17.2 Å². The molecule has 4 nitrogen and oxygen atoms in total. The van der Waals surface area contributed by atoms with Gasteiger partial charge in [0.2, 0.25) is 5.91 Å². The molecule has 3 heterocycles. The van der Waals surface area contributed by atoms with Crippen molar-refractivity contribution < 1.29 is 9.53 Å². The summed E-state index contributed by atoms with van der Waals surface area (Å²) in [7, 11) is 0. The van der Waals surface area contributed by atoms with Gasteiger partial charge in [-0.15, -0.1) is 11.3 Å². The fraction of sp³-hybridized carbons (Fsp3) is 0.765. The molecule has 5 heteroatoms. The van der Waals surface area contributed by atoms with Gasteiger partial charge in [0.1, 0.15) is 0 Å². The monoisotopic (exact) mass is 322 g/mol. The molecule has 2 fully saturated rings. The van der Waals surface area contributed by atoms with Crippen molar-refractivity contribution in [3.05, 3.63) is 15.6 Å². The highest BCUT2D eigenvalue weighted by Gasteiger charge is 2.27. The summed E-state index contributed by atoms with van der Waals surface area (Å²) in [5.41, 5.74) is 1.16. The minimum absolute atomic E-state index is 0.156. The second-order valence-corrected chi connectivity index (χ2v) is 7.78. The predicted octanol–water partition coefficient (Wildman–Crippen LogP) is 3.43. The van der Waals surface area contributed by atoms with Crippen LogP contribution in [0.3, 0.4) is 0 Å². The minimum atomic E-state index is 0.156. The third kappa shape index (κ3) is 3.69. The largest absolute Gasteiger partial charge is 0.378 e. The zero-order valence-corrected chi connectivity index (χ0v) is 14.5. The van der Waals surface area contributed by atoms with E-state index in [4.69, 9.17) is 9.72 Å². The van der Waals surface area contributed by atoms with E-state index >= 15 is 0 Å². The molecular formula is C17H26N2O2S. The van der Waals surface area contributed by atoms with E-state index in [1.807, 2.05) is 16.2 Å². The average Bonchev–Trinajstić information content (AvgIpc) is 2.88. The van der Waals surface area contributed by atoms with Gasteiger partial charge in [-0.05, 0) is 46.0 Å². The van der Waals surface area contributed by atoms with Gasteiger partial charge in [-0.3, -0.25) is 4.79 Å². The molecule has 0 radical (unpaired) electrons. The number of aromatic nitrogens is 1. The molecule has 1 amide bonds. The molecule has 0 bridgehead atoms. The number of nitrogens with zero attached hydrogens (tertiary/aromatic N) is 2. The Morgan fingerprint density at radius 2 is 2.05 bits per heavy atom. The van der Waals surface area contributed by atoms with E-state index in [9.17, 15) is 4.79 Å². The van der Waals surface area contributed by atoms with Gasteiger partial charge in [-0.25, -0.2) is 4.98 Å². The maximum Gasteiger partial charge on any atom is 0.225 e. The number of likely N-dealkylation sites (tertiary alicyclic amines) is 1. The lowest BCUT2D eigenvalue weighted by Gasteiger charge is -2.32. The van der Waals surface area contributed by atoms with Crippen molar-refractivity contribution in [3.63, 3.8) is 0 Å². The number of hydrogen-bond donors (Lipinski definition) is 0. The van der Waals surface area contributed by atoms with Crippen LogP contribution < -0.4 is 0 Å². The summed E-state index contributed by atoms with van der Waals surface area (Å²) >= 11 is 1.82. The summed E-state index contributed by atoms with van der Waals surface area (Å²) < 4.78 is 5.69. The number of rotatable bonds is 3. The van der Waals surface area contributed by atoms with Gasteiger partial charge in [0.15, 0.2) is 0 Å². The van der Waals surface area contributed by atoms with Gasteiger partial charge in [-0.1, -0.05) is 0 Å². The molecule has 0 aliphatic carbocycles. The van der Waals surface area contributed by atoms with Crippen LogP contribution in [0, 0.1) is 13.8 Å². The van der Waals surface area contributed by atoms with Crippen molar-refractivity contribution in [2.45, 2.75) is 64.4 Å². The molecule has 1 atom stereocenters. The molecule has 0 aromatic carbocycles. The van der Waals surface area contributed by atoms with E-state index < -0.39 is 0 Å². The van der Waals surface area contributed by atoms with Crippen molar-refractivity contribution in [2.24, 2.45) is 0 Å². The summed E-state index contributed by atoms with van der Waals surface area (Å²) in [4.78, 5) is 20.4. The Balaban J connectivity index is 1.49. The predicted molar refractivity (Wildman–Crippen MR) is 88.4 cm³/mol. The number of aryl methyl sites for hydroxylation is 2. The molecule has 2 aliphatic rings. The van der Waals surface area contributed by atoms with Gasteiger partial charge >= 0.3 is 0 Å². The first-order valence-electron chi connectivity index (χ1n) is 8.47. The zero-order valence-electron chi connectivity index (χ0n) is 13.6. The summed E-state index contributed by atoms with van der Waals surface area (Å²) in [5, 5.41) is 1.26. The van der Waals surface area contributed by atoms with E-state index in [-0.39, 0.29) is 12.0 Å². The van der Waals surface area contributed by atoms with Crippen LogP contribution in [-0.4, -0.2) is 41.6 Å². The molecule has 0 saturated carbocycles. The lowest BCUT2D eigenvalue weighted by atomic mass is 9.96. The Hall–Kier alpha value is -0.940. The first-order chi connectivity index (χ1) is 10.6. The molecule has 2 aliphatic heterocycles. The molecule has 122 valence electrons. The number of ether oxygens (including phenoxy) is 1. The van der Waals surface area contributed by atoms with E-state index in [0.29, 0.717) is 12.3 Å². The van der Waals surface area contributed by atoms with Crippen molar-refractivity contribution in [2.75, 3.05) is 19.7 Å². The highest BCUT2D eigenvalue weighted by atomic mass is 32.1. The number of hydrogen-bond acceptors (Lipinski definition) is 4. The molecule has 22 heavy (non-hydrogen) atoms. The Kier molecular flexibility index (Phi) is 5.14. The maximum absolute atomic E-state index is 12.4. The Labute approximate surface area is 136 Å². The van der Waals surface area contributed by atoms with Gasteiger partial charge < -0.3 is 9.64 Å². The van der Waals surface area contributed by atoms with Gasteiger partial charge in [0, 0.05) is 30.5 Å². The lowest BCUT2D eigenvalue weighted by Crippen LogP contribution is -2.40. The fourth-order valence-electron chi connectivity index (χ4n) is 3.34. The van der Waals surface area contributed by atoms with Crippen LogP contribution in [0.15, 0.2) is 0 Å². The highest BCUT2D eigenvalue weighted by molar-refractivity contribution is 7.11. The Bertz CT molecular complexity index is 495. The molecule has 0 N–H and O–H groups in total.